The van der Waals surface area contributed by atoms with Crippen LogP contribution in [0.5, 0.6) is 0 Å². The molecule has 1 N–H and O–H groups in total. The normalized spacial score (nSPS) is 12.0. The lowest BCUT2D eigenvalue weighted by Gasteiger charge is -2.13. The van der Waals surface area contributed by atoms with Crippen molar-refractivity contribution in [3.63, 3.8) is 0 Å². The van der Waals surface area contributed by atoms with E-state index in [9.17, 15) is 9.59 Å². The fraction of sp³-hybridized carbons (Fsp3) is 0.368. The molecule has 0 aliphatic rings. The third-order valence-electron chi connectivity index (χ3n) is 3.22. The molecule has 1 atom stereocenters. The Morgan fingerprint density at radius 1 is 1.38 bits per heavy atom. The molecule has 5 heteroatoms. The summed E-state index contributed by atoms with van der Waals surface area (Å²) in [6.07, 6.45) is 8.37. The number of nitrogens with one attached hydrogen (secondary N) is 1. The molecule has 1 aromatic carbocycles. The molecule has 1 aromatic rings. The predicted octanol–water partition coefficient (Wildman–Crippen LogP) is 1.83. The average Bonchev–Trinajstić information content (AvgIpc) is 2.54. The first-order valence-corrected chi connectivity index (χ1v) is 7.82. The number of nitrogens with zero attached hydrogens (tertiary/aromatic N) is 1. The summed E-state index contributed by atoms with van der Waals surface area (Å²) in [6, 6.07) is 7.17. The van der Waals surface area contributed by atoms with E-state index in [2.05, 4.69) is 11.2 Å². The molecule has 0 heterocycles. The van der Waals surface area contributed by atoms with Gasteiger partial charge >= 0.3 is 5.97 Å². The Morgan fingerprint density at radius 2 is 2.04 bits per heavy atom. The lowest BCUT2D eigenvalue weighted by Crippen LogP contribution is -2.38. The number of ether oxygens (including phenoxy) is 1. The topological polar surface area (TPSA) is 58.6 Å². The smallest absolute Gasteiger partial charge is 0.328 e. The predicted molar refractivity (Wildman–Crippen MR) is 94.9 cm³/mol. The molecule has 0 saturated heterocycles. The molecule has 0 aliphatic carbocycles. The monoisotopic (exact) mass is 328 g/mol. The van der Waals surface area contributed by atoms with Gasteiger partial charge in [-0.05, 0) is 38.1 Å². The second kappa shape index (κ2) is 10.2. The van der Waals surface area contributed by atoms with Crippen molar-refractivity contribution in [1.82, 2.24) is 10.2 Å². The number of rotatable bonds is 8. The molecule has 0 spiro atoms. The van der Waals surface area contributed by atoms with Crippen molar-refractivity contribution < 1.29 is 14.3 Å². The van der Waals surface area contributed by atoms with Crippen LogP contribution in [0.4, 0.5) is 0 Å². The Balaban J connectivity index is 2.53. The van der Waals surface area contributed by atoms with Crippen LogP contribution in [-0.2, 0) is 20.9 Å². The van der Waals surface area contributed by atoms with E-state index >= 15 is 0 Å². The number of amides is 1. The van der Waals surface area contributed by atoms with E-state index in [1.54, 1.807) is 19.9 Å². The summed E-state index contributed by atoms with van der Waals surface area (Å²) in [5, 5.41) is 2.56. The molecule has 128 valence electrons. The molecule has 0 radical (unpaired) electrons. The molecule has 0 fully saturated rings. The van der Waals surface area contributed by atoms with Crippen LogP contribution >= 0.6 is 0 Å². The minimum atomic E-state index is -0.670. The van der Waals surface area contributed by atoms with Crippen molar-refractivity contribution in [2.24, 2.45) is 0 Å². The molecule has 1 unspecified atom stereocenters. The maximum Gasteiger partial charge on any atom is 0.328 e. The van der Waals surface area contributed by atoms with Gasteiger partial charge in [-0.3, -0.25) is 9.69 Å². The van der Waals surface area contributed by atoms with Gasteiger partial charge in [0.1, 0.15) is 6.04 Å². The van der Waals surface area contributed by atoms with Gasteiger partial charge in [-0.15, -0.1) is 6.42 Å². The number of terminal acetylenes is 1. The minimum Gasteiger partial charge on any atom is -0.464 e. The molecule has 0 saturated carbocycles. The van der Waals surface area contributed by atoms with Gasteiger partial charge in [0.15, 0.2) is 0 Å². The molecule has 1 amide bonds. The summed E-state index contributed by atoms with van der Waals surface area (Å²) in [5.41, 5.74) is 2.04. The fourth-order valence-corrected chi connectivity index (χ4v) is 2.02. The number of benzene rings is 1. The Morgan fingerprint density at radius 3 is 2.62 bits per heavy atom. The van der Waals surface area contributed by atoms with E-state index < -0.39 is 12.0 Å². The Hall–Kier alpha value is -2.58. The number of carbonyl (C=O) groups excluding carboxylic acids is 2. The quantitative estimate of drug-likeness (QED) is 0.449. The zero-order valence-corrected chi connectivity index (χ0v) is 14.4. The van der Waals surface area contributed by atoms with Crippen LogP contribution in [0, 0.1) is 12.3 Å². The van der Waals surface area contributed by atoms with Crippen molar-refractivity contribution in [2.45, 2.75) is 26.4 Å². The zero-order chi connectivity index (χ0) is 17.9. The summed E-state index contributed by atoms with van der Waals surface area (Å²) in [4.78, 5) is 25.3. The average molecular weight is 328 g/mol. The van der Waals surface area contributed by atoms with Crippen LogP contribution in [0.3, 0.4) is 0 Å². The highest BCUT2D eigenvalue weighted by Gasteiger charge is 2.14. The molecule has 24 heavy (non-hydrogen) atoms. The van der Waals surface area contributed by atoms with Gasteiger partial charge in [-0.25, -0.2) is 4.79 Å². The number of hydrogen-bond donors (Lipinski definition) is 1. The highest BCUT2D eigenvalue weighted by molar-refractivity contribution is 5.94. The van der Waals surface area contributed by atoms with E-state index in [1.165, 1.54) is 6.08 Å². The van der Waals surface area contributed by atoms with Gasteiger partial charge in [0.2, 0.25) is 5.91 Å². The first-order valence-electron chi connectivity index (χ1n) is 7.82. The van der Waals surface area contributed by atoms with Crippen molar-refractivity contribution in [3.05, 3.63) is 41.5 Å². The van der Waals surface area contributed by atoms with E-state index in [1.807, 2.05) is 36.2 Å². The number of hydrogen-bond acceptors (Lipinski definition) is 4. The second-order valence-corrected chi connectivity index (χ2v) is 5.43. The maximum absolute atomic E-state index is 11.8. The molecular weight excluding hydrogens is 304 g/mol. The lowest BCUT2D eigenvalue weighted by molar-refractivity contribution is -0.146. The highest BCUT2D eigenvalue weighted by Crippen LogP contribution is 2.08. The molecule has 0 aliphatic heterocycles. The number of carbonyl (C=O) groups is 2. The van der Waals surface area contributed by atoms with Crippen molar-refractivity contribution >= 4 is 18.0 Å². The van der Waals surface area contributed by atoms with Gasteiger partial charge in [0.05, 0.1) is 13.2 Å². The summed E-state index contributed by atoms with van der Waals surface area (Å²) < 4.78 is 4.84. The van der Waals surface area contributed by atoms with Crippen LogP contribution in [0.15, 0.2) is 30.3 Å². The Bertz CT molecular complexity index is 614. The zero-order valence-electron chi connectivity index (χ0n) is 14.4. The first-order chi connectivity index (χ1) is 11.5. The van der Waals surface area contributed by atoms with Gasteiger partial charge in [-0.1, -0.05) is 30.2 Å². The third kappa shape index (κ3) is 7.12. The van der Waals surface area contributed by atoms with E-state index in [0.29, 0.717) is 6.54 Å². The standard InChI is InChI=1S/C19H24N2O3/c1-5-13-21(4)14-17-9-7-16(8-10-17)11-12-18(22)20-15(3)19(23)24-6-2/h1,7-12,15H,6,13-14H2,2-4H3,(H,20,22)/b12-11+. The highest BCUT2D eigenvalue weighted by atomic mass is 16.5. The van der Waals surface area contributed by atoms with Crippen LogP contribution in [0.1, 0.15) is 25.0 Å². The van der Waals surface area contributed by atoms with Gasteiger partial charge < -0.3 is 10.1 Å². The Kier molecular flexibility index (Phi) is 8.31. The van der Waals surface area contributed by atoms with E-state index in [4.69, 9.17) is 11.2 Å². The minimum absolute atomic E-state index is 0.289. The van der Waals surface area contributed by atoms with Gasteiger partial charge in [0, 0.05) is 12.6 Å². The number of esters is 1. The lowest BCUT2D eigenvalue weighted by atomic mass is 10.1. The van der Waals surface area contributed by atoms with Crippen LogP contribution in [-0.4, -0.2) is 43.0 Å². The van der Waals surface area contributed by atoms with Crippen LogP contribution in [0.2, 0.25) is 0 Å². The SMILES string of the molecule is C#CCN(C)Cc1ccc(/C=C/C(=O)NC(C)C(=O)OCC)cc1. The summed E-state index contributed by atoms with van der Waals surface area (Å²) in [5.74, 6) is 1.82. The van der Waals surface area contributed by atoms with Gasteiger partial charge in [0.25, 0.3) is 0 Å². The molecule has 0 bridgehead atoms. The van der Waals surface area contributed by atoms with Crippen LogP contribution in [0.25, 0.3) is 6.08 Å². The second-order valence-electron chi connectivity index (χ2n) is 5.43. The van der Waals surface area contributed by atoms with E-state index in [0.717, 1.165) is 17.7 Å². The molecule has 1 rings (SSSR count). The molecular formula is C19H24N2O3. The van der Waals surface area contributed by atoms with Crippen molar-refractivity contribution in [3.8, 4) is 12.3 Å². The van der Waals surface area contributed by atoms with Gasteiger partial charge in [-0.2, -0.15) is 0 Å². The van der Waals surface area contributed by atoms with Crippen molar-refractivity contribution in [1.29, 1.82) is 0 Å². The molecule has 5 nitrogen and oxygen atoms in total. The Labute approximate surface area is 143 Å². The fourth-order valence-electron chi connectivity index (χ4n) is 2.02. The largest absolute Gasteiger partial charge is 0.464 e. The third-order valence-corrected chi connectivity index (χ3v) is 3.22. The first kappa shape index (κ1) is 19.5. The summed E-state index contributed by atoms with van der Waals surface area (Å²) in [7, 11) is 1.96. The van der Waals surface area contributed by atoms with E-state index in [-0.39, 0.29) is 12.5 Å². The maximum atomic E-state index is 11.8. The van der Waals surface area contributed by atoms with Crippen LogP contribution < -0.4 is 5.32 Å². The van der Waals surface area contributed by atoms with Crippen molar-refractivity contribution in [2.75, 3.05) is 20.2 Å². The summed E-state index contributed by atoms with van der Waals surface area (Å²) in [6.45, 7) is 4.97. The molecule has 0 aromatic heterocycles. The summed E-state index contributed by atoms with van der Waals surface area (Å²) >= 11 is 0.